The monoisotopic (exact) mass is 343 g/mol. The zero-order chi connectivity index (χ0) is 18.2. The average molecular weight is 343 g/mol. The van der Waals surface area contributed by atoms with E-state index in [1.165, 1.54) is 22.7 Å². The van der Waals surface area contributed by atoms with Gasteiger partial charge in [0.25, 0.3) is 5.91 Å². The average Bonchev–Trinajstić information content (AvgIpc) is 2.64. The van der Waals surface area contributed by atoms with E-state index in [0.29, 0.717) is 11.9 Å². The van der Waals surface area contributed by atoms with Gasteiger partial charge in [0.05, 0.1) is 11.0 Å². The van der Waals surface area contributed by atoms with E-state index < -0.39 is 28.1 Å². The maximum Gasteiger partial charge on any atom is 0.327 e. The van der Waals surface area contributed by atoms with Crippen LogP contribution in [-0.2, 0) is 19.2 Å². The van der Waals surface area contributed by atoms with Gasteiger partial charge in [0.15, 0.2) is 0 Å². The standard InChI is InChI=1S/C10H11NO4S.C5H10O2/c1-10(2)6(9(14)15)11-7(13)5(3-4-12)8(11)16-10;1-5(2,3)4(6)7/h3-4,6,8H,1-2H3,(H,14,15);1-3H3,(H,6,7)/t6-,8+;/m0./s1. The van der Waals surface area contributed by atoms with Gasteiger partial charge in [-0.15, -0.1) is 11.8 Å². The molecule has 8 heteroatoms. The third kappa shape index (κ3) is 3.74. The maximum absolute atomic E-state index is 11.7. The van der Waals surface area contributed by atoms with Crippen LogP contribution in [0.25, 0.3) is 0 Å². The molecule has 2 aliphatic rings. The van der Waals surface area contributed by atoms with Crippen molar-refractivity contribution in [3.05, 3.63) is 11.6 Å². The van der Waals surface area contributed by atoms with Gasteiger partial charge in [0.2, 0.25) is 0 Å². The molecule has 0 aromatic carbocycles. The third-order valence-corrected chi connectivity index (χ3v) is 5.01. The van der Waals surface area contributed by atoms with Crippen molar-refractivity contribution in [3.8, 4) is 0 Å². The van der Waals surface area contributed by atoms with Crippen LogP contribution in [0, 0.1) is 5.41 Å². The zero-order valence-electron chi connectivity index (χ0n) is 13.7. The summed E-state index contributed by atoms with van der Waals surface area (Å²) < 4.78 is -0.537. The molecule has 0 aliphatic carbocycles. The summed E-state index contributed by atoms with van der Waals surface area (Å²) >= 11 is 1.40. The Balaban J connectivity index is 0.000000322. The summed E-state index contributed by atoms with van der Waals surface area (Å²) in [5, 5.41) is 17.1. The second-order valence-corrected chi connectivity index (χ2v) is 8.57. The second kappa shape index (κ2) is 6.35. The number of amides is 1. The molecule has 2 rings (SSSR count). The summed E-state index contributed by atoms with van der Waals surface area (Å²) in [6, 6.07) is -0.821. The fraction of sp³-hybridized carbons (Fsp3) is 0.600. The number of carbonyl (C=O) groups is 4. The quantitative estimate of drug-likeness (QED) is 0.442. The highest BCUT2D eigenvalue weighted by Crippen LogP contribution is 2.52. The molecule has 0 saturated carbocycles. The number of carboxylic acid groups (broad SMARTS) is 2. The van der Waals surface area contributed by atoms with Crippen molar-refractivity contribution >= 4 is 35.9 Å². The number of carbonyl (C=O) groups excluding carboxylic acids is 2. The molecule has 2 fully saturated rings. The summed E-state index contributed by atoms with van der Waals surface area (Å²) in [7, 11) is 0. The van der Waals surface area contributed by atoms with E-state index >= 15 is 0 Å². The minimum Gasteiger partial charge on any atom is -0.481 e. The highest BCUT2D eigenvalue weighted by molar-refractivity contribution is 8.01. The Labute approximate surface area is 138 Å². The van der Waals surface area contributed by atoms with Crippen LogP contribution in [-0.4, -0.2) is 55.4 Å². The van der Waals surface area contributed by atoms with Gasteiger partial charge in [0, 0.05) is 4.75 Å². The summed E-state index contributed by atoms with van der Waals surface area (Å²) in [6.07, 6.45) is 1.78. The number of aldehydes is 1. The Hall–Kier alpha value is -1.83. The maximum atomic E-state index is 11.7. The number of fused-ring (bicyclic) bond motifs is 1. The predicted molar refractivity (Wildman–Crippen MR) is 85.0 cm³/mol. The predicted octanol–water partition coefficient (Wildman–Crippen LogP) is 1.38. The Morgan fingerprint density at radius 3 is 2.09 bits per heavy atom. The first-order chi connectivity index (χ1) is 10.3. The van der Waals surface area contributed by atoms with E-state index in [-0.39, 0.29) is 11.3 Å². The van der Waals surface area contributed by atoms with Crippen molar-refractivity contribution in [1.29, 1.82) is 0 Å². The molecule has 2 aliphatic heterocycles. The van der Waals surface area contributed by atoms with Crippen LogP contribution in [0.4, 0.5) is 0 Å². The Bertz CT molecular complexity index is 575. The summed E-state index contributed by atoms with van der Waals surface area (Å²) in [4.78, 5) is 44.5. The van der Waals surface area contributed by atoms with Gasteiger partial charge in [-0.2, -0.15) is 0 Å². The van der Waals surface area contributed by atoms with Crippen LogP contribution in [0.1, 0.15) is 34.6 Å². The summed E-state index contributed by atoms with van der Waals surface area (Å²) in [5.41, 5.74) is -0.183. The van der Waals surface area contributed by atoms with Gasteiger partial charge in [-0.25, -0.2) is 4.79 Å². The molecule has 23 heavy (non-hydrogen) atoms. The first-order valence-corrected chi connectivity index (χ1v) is 7.84. The van der Waals surface area contributed by atoms with Gasteiger partial charge < -0.3 is 15.1 Å². The minimum absolute atomic E-state index is 0.284. The topological polar surface area (TPSA) is 112 Å². The molecule has 7 nitrogen and oxygen atoms in total. The van der Waals surface area contributed by atoms with E-state index in [1.54, 1.807) is 34.6 Å². The fourth-order valence-corrected chi connectivity index (χ4v) is 3.70. The molecule has 2 heterocycles. The Morgan fingerprint density at radius 1 is 1.26 bits per heavy atom. The molecule has 0 aromatic heterocycles. The molecule has 1 amide bonds. The third-order valence-electron chi connectivity index (χ3n) is 3.48. The fourth-order valence-electron chi connectivity index (χ4n) is 2.15. The smallest absolute Gasteiger partial charge is 0.327 e. The van der Waals surface area contributed by atoms with Crippen molar-refractivity contribution < 1.29 is 29.4 Å². The van der Waals surface area contributed by atoms with E-state index in [9.17, 15) is 19.2 Å². The molecule has 2 saturated heterocycles. The van der Waals surface area contributed by atoms with Gasteiger partial charge in [0.1, 0.15) is 17.7 Å². The van der Waals surface area contributed by atoms with Crippen LogP contribution in [0.5, 0.6) is 0 Å². The van der Waals surface area contributed by atoms with E-state index in [1.807, 2.05) is 0 Å². The number of aliphatic carboxylic acids is 2. The lowest BCUT2D eigenvalue weighted by Gasteiger charge is -2.38. The van der Waals surface area contributed by atoms with Crippen molar-refractivity contribution in [2.45, 2.75) is 50.8 Å². The first-order valence-electron chi connectivity index (χ1n) is 6.96. The lowest BCUT2D eigenvalue weighted by molar-refractivity contribution is -0.152. The normalized spacial score (nSPS) is 26.7. The van der Waals surface area contributed by atoms with Crippen molar-refractivity contribution in [2.75, 3.05) is 0 Å². The lowest BCUT2D eigenvalue weighted by Crippen LogP contribution is -2.58. The van der Waals surface area contributed by atoms with E-state index in [0.717, 1.165) is 0 Å². The van der Waals surface area contributed by atoms with Gasteiger partial charge in [-0.1, -0.05) is 0 Å². The van der Waals surface area contributed by atoms with Crippen molar-refractivity contribution in [2.24, 2.45) is 5.41 Å². The van der Waals surface area contributed by atoms with E-state index in [4.69, 9.17) is 10.2 Å². The molecular weight excluding hydrogens is 322 g/mol. The second-order valence-electron chi connectivity index (χ2n) is 6.84. The molecule has 0 bridgehead atoms. The molecule has 0 spiro atoms. The number of carboxylic acids is 2. The lowest BCUT2D eigenvalue weighted by atomic mass is 9.96. The number of hydrogen-bond acceptors (Lipinski definition) is 5. The van der Waals surface area contributed by atoms with Crippen LogP contribution >= 0.6 is 11.8 Å². The van der Waals surface area contributed by atoms with Crippen LogP contribution in [0.3, 0.4) is 0 Å². The molecule has 0 aromatic rings. The molecule has 2 N–H and O–H groups in total. The van der Waals surface area contributed by atoms with Crippen LogP contribution in [0.2, 0.25) is 0 Å². The zero-order valence-corrected chi connectivity index (χ0v) is 14.5. The van der Waals surface area contributed by atoms with Crippen LogP contribution in [0.15, 0.2) is 11.6 Å². The Kier molecular flexibility index (Phi) is 5.30. The van der Waals surface area contributed by atoms with Gasteiger partial charge in [-0.3, -0.25) is 14.4 Å². The largest absolute Gasteiger partial charge is 0.481 e. The van der Waals surface area contributed by atoms with Gasteiger partial charge in [-0.05, 0) is 40.7 Å². The van der Waals surface area contributed by atoms with Crippen molar-refractivity contribution in [3.63, 3.8) is 0 Å². The van der Waals surface area contributed by atoms with Crippen LogP contribution < -0.4 is 0 Å². The number of nitrogens with zero attached hydrogens (tertiary/aromatic N) is 1. The Morgan fingerprint density at radius 2 is 1.74 bits per heavy atom. The minimum atomic E-state index is -1.00. The van der Waals surface area contributed by atoms with Crippen molar-refractivity contribution in [1.82, 2.24) is 4.90 Å². The highest BCUT2D eigenvalue weighted by atomic mass is 32.2. The molecule has 2 atom stereocenters. The van der Waals surface area contributed by atoms with Gasteiger partial charge >= 0.3 is 11.9 Å². The molecule has 128 valence electrons. The molecular formula is C15H21NO6S. The number of allylic oxidation sites excluding steroid dienone is 1. The summed E-state index contributed by atoms with van der Waals surface area (Å²) in [6.45, 7) is 8.57. The first kappa shape index (κ1) is 19.2. The molecule has 0 radical (unpaired) electrons. The van der Waals surface area contributed by atoms with E-state index in [2.05, 4.69) is 0 Å². The number of thioether (sulfide) groups is 1. The number of β-lactam (4-membered cyclic amide) rings is 1. The summed E-state index contributed by atoms with van der Waals surface area (Å²) in [5.74, 6) is -2.10. The highest BCUT2D eigenvalue weighted by Gasteiger charge is 2.61. The SMILES string of the molecule is CC(C)(C)C(=O)O.CC1(C)S[C@@H]2C(=CC=O)C(=O)N2[C@H]1C(=O)O. The number of rotatable bonds is 2. The number of hydrogen-bond donors (Lipinski definition) is 2. The molecule has 0 unspecified atom stereocenters.